The lowest BCUT2D eigenvalue weighted by Crippen LogP contribution is -2.45. The third-order valence-corrected chi connectivity index (χ3v) is 3.33. The summed E-state index contributed by atoms with van der Waals surface area (Å²) in [6, 6.07) is 0. The van der Waals surface area contributed by atoms with Gasteiger partial charge in [-0.25, -0.2) is 0 Å². The summed E-state index contributed by atoms with van der Waals surface area (Å²) in [6.45, 7) is 8.65. The molecule has 0 amide bonds. The van der Waals surface area contributed by atoms with Crippen molar-refractivity contribution < 1.29 is 33.9 Å². The quantitative estimate of drug-likeness (QED) is 0.449. The van der Waals surface area contributed by atoms with Crippen LogP contribution in [0.3, 0.4) is 0 Å². The second-order valence-corrected chi connectivity index (χ2v) is 6.55. The fraction of sp³-hybridized carbons (Fsp3) is 1.00. The maximum absolute atomic E-state index is 10.1. The summed E-state index contributed by atoms with van der Waals surface area (Å²) in [7, 11) is 3.18. The van der Waals surface area contributed by atoms with Crippen LogP contribution in [0, 0.1) is 0 Å². The van der Waals surface area contributed by atoms with E-state index in [1.807, 2.05) is 0 Å². The summed E-state index contributed by atoms with van der Waals surface area (Å²) >= 11 is 0. The average Bonchev–Trinajstić information content (AvgIpc) is 2.41. The van der Waals surface area contributed by atoms with Crippen LogP contribution in [-0.4, -0.2) is 87.5 Å². The molecule has 0 aromatic rings. The number of aliphatic hydroxyl groups is 2. The Morgan fingerprint density at radius 2 is 1.04 bits per heavy atom. The smallest absolute Gasteiger partial charge is 0.109 e. The van der Waals surface area contributed by atoms with Crippen molar-refractivity contribution in [3.05, 3.63) is 0 Å². The number of hydrogen-bond acceptors (Lipinski definition) is 7. The minimum absolute atomic E-state index is 0.188. The lowest BCUT2D eigenvalue weighted by atomic mass is 10.0. The third-order valence-electron chi connectivity index (χ3n) is 3.33. The van der Waals surface area contributed by atoms with Gasteiger partial charge in [0.25, 0.3) is 0 Å². The first-order chi connectivity index (χ1) is 10.6. The zero-order valence-corrected chi connectivity index (χ0v) is 15.3. The molecule has 0 saturated carbocycles. The molecule has 2 N–H and O–H groups in total. The van der Waals surface area contributed by atoms with Crippen LogP contribution in [-0.2, 0) is 23.7 Å². The van der Waals surface area contributed by atoms with Gasteiger partial charge in [0.05, 0.1) is 50.8 Å². The molecular weight excluding hydrogens is 304 g/mol. The van der Waals surface area contributed by atoms with Gasteiger partial charge in [0.15, 0.2) is 0 Å². The number of rotatable bonds is 14. The molecule has 0 spiro atoms. The van der Waals surface area contributed by atoms with Crippen LogP contribution in [0.4, 0.5) is 0 Å². The molecule has 140 valence electrons. The Balaban J connectivity index is 4.38. The summed E-state index contributed by atoms with van der Waals surface area (Å²) in [5, 5.41) is 20.3. The van der Waals surface area contributed by atoms with E-state index in [4.69, 9.17) is 23.7 Å². The van der Waals surface area contributed by atoms with E-state index >= 15 is 0 Å². The van der Waals surface area contributed by atoms with E-state index in [1.165, 1.54) is 0 Å². The van der Waals surface area contributed by atoms with Crippen LogP contribution in [0.1, 0.15) is 27.7 Å². The Kier molecular flexibility index (Phi) is 11.2. The minimum Gasteiger partial charge on any atom is -0.388 e. The zero-order chi connectivity index (χ0) is 17.9. The summed E-state index contributed by atoms with van der Waals surface area (Å²) < 4.78 is 26.7. The van der Waals surface area contributed by atoms with Crippen LogP contribution in [0.15, 0.2) is 0 Å². The molecule has 7 heteroatoms. The van der Waals surface area contributed by atoms with Gasteiger partial charge < -0.3 is 33.9 Å². The molecule has 0 aromatic carbocycles. The van der Waals surface area contributed by atoms with Crippen molar-refractivity contribution in [2.24, 2.45) is 0 Å². The van der Waals surface area contributed by atoms with Gasteiger partial charge >= 0.3 is 0 Å². The van der Waals surface area contributed by atoms with E-state index in [-0.39, 0.29) is 13.2 Å². The molecule has 0 aliphatic carbocycles. The summed E-state index contributed by atoms with van der Waals surface area (Å²) in [5.74, 6) is 0. The predicted octanol–water partition coefficient (Wildman–Crippen LogP) is 0.608. The molecule has 0 fully saturated rings. The van der Waals surface area contributed by atoms with E-state index in [1.54, 1.807) is 41.9 Å². The molecule has 0 radical (unpaired) electrons. The second-order valence-electron chi connectivity index (χ2n) is 6.55. The van der Waals surface area contributed by atoms with Gasteiger partial charge in [0, 0.05) is 14.2 Å². The standard InChI is InChI=1S/C16H34O7/c1-15(2,17)13(22-9-7-19-5)11-21-12-14(16(3,4)18)23-10-8-20-6/h13-14,17-18H,7-12H2,1-6H3. The van der Waals surface area contributed by atoms with Crippen molar-refractivity contribution in [2.45, 2.75) is 51.1 Å². The number of hydrogen-bond donors (Lipinski definition) is 2. The fourth-order valence-electron chi connectivity index (χ4n) is 1.74. The third kappa shape index (κ3) is 11.0. The van der Waals surface area contributed by atoms with Crippen LogP contribution < -0.4 is 0 Å². The molecule has 0 aliphatic heterocycles. The Labute approximate surface area is 139 Å². The van der Waals surface area contributed by atoms with Crippen LogP contribution in [0.25, 0.3) is 0 Å². The van der Waals surface area contributed by atoms with Crippen molar-refractivity contribution in [1.82, 2.24) is 0 Å². The topological polar surface area (TPSA) is 86.6 Å². The lowest BCUT2D eigenvalue weighted by Gasteiger charge is -2.32. The highest BCUT2D eigenvalue weighted by molar-refractivity contribution is 4.80. The molecule has 0 aliphatic rings. The molecule has 0 saturated heterocycles. The Morgan fingerprint density at radius 1 is 0.696 bits per heavy atom. The molecule has 0 heterocycles. The van der Waals surface area contributed by atoms with Crippen LogP contribution >= 0.6 is 0 Å². The first kappa shape index (κ1) is 22.7. The van der Waals surface area contributed by atoms with Crippen molar-refractivity contribution in [3.8, 4) is 0 Å². The zero-order valence-electron chi connectivity index (χ0n) is 15.3. The first-order valence-corrected chi connectivity index (χ1v) is 7.86. The van der Waals surface area contributed by atoms with Gasteiger partial charge in [0.1, 0.15) is 12.2 Å². The normalized spacial score (nSPS) is 15.7. The summed E-state index contributed by atoms with van der Waals surface area (Å²) in [6.07, 6.45) is -1.00. The van der Waals surface area contributed by atoms with Crippen LogP contribution in [0.5, 0.6) is 0 Å². The first-order valence-electron chi connectivity index (χ1n) is 7.86. The molecular formula is C16H34O7. The monoisotopic (exact) mass is 338 g/mol. The highest BCUT2D eigenvalue weighted by Gasteiger charge is 2.31. The molecule has 7 nitrogen and oxygen atoms in total. The van der Waals surface area contributed by atoms with Gasteiger partial charge in [0.2, 0.25) is 0 Å². The van der Waals surface area contributed by atoms with Gasteiger partial charge in [-0.1, -0.05) is 0 Å². The molecule has 0 aromatic heterocycles. The minimum atomic E-state index is -1.05. The SMILES string of the molecule is COCCOC(COCC(OCCOC)C(C)(C)O)C(C)(C)O. The molecule has 23 heavy (non-hydrogen) atoms. The Bertz CT molecular complexity index is 255. The van der Waals surface area contributed by atoms with E-state index < -0.39 is 23.4 Å². The van der Waals surface area contributed by atoms with Gasteiger partial charge in [-0.2, -0.15) is 0 Å². The predicted molar refractivity (Wildman–Crippen MR) is 86.6 cm³/mol. The Hall–Kier alpha value is -0.280. The lowest BCUT2D eigenvalue weighted by molar-refractivity contribution is -0.156. The fourth-order valence-corrected chi connectivity index (χ4v) is 1.74. The average molecular weight is 338 g/mol. The van der Waals surface area contributed by atoms with Crippen molar-refractivity contribution >= 4 is 0 Å². The summed E-state index contributed by atoms with van der Waals surface area (Å²) in [5.41, 5.74) is -2.09. The van der Waals surface area contributed by atoms with E-state index in [0.29, 0.717) is 26.4 Å². The number of methoxy groups -OCH3 is 2. The van der Waals surface area contributed by atoms with E-state index in [0.717, 1.165) is 0 Å². The van der Waals surface area contributed by atoms with Gasteiger partial charge in [-0.05, 0) is 27.7 Å². The van der Waals surface area contributed by atoms with Crippen molar-refractivity contribution in [2.75, 3.05) is 53.9 Å². The summed E-state index contributed by atoms with van der Waals surface area (Å²) in [4.78, 5) is 0. The second kappa shape index (κ2) is 11.3. The molecule has 0 bridgehead atoms. The van der Waals surface area contributed by atoms with E-state index in [9.17, 15) is 10.2 Å². The molecule has 2 unspecified atom stereocenters. The largest absolute Gasteiger partial charge is 0.388 e. The maximum atomic E-state index is 10.1. The van der Waals surface area contributed by atoms with Crippen molar-refractivity contribution in [1.29, 1.82) is 0 Å². The highest BCUT2D eigenvalue weighted by Crippen LogP contribution is 2.16. The van der Waals surface area contributed by atoms with Crippen LogP contribution in [0.2, 0.25) is 0 Å². The van der Waals surface area contributed by atoms with Gasteiger partial charge in [-0.15, -0.1) is 0 Å². The van der Waals surface area contributed by atoms with E-state index in [2.05, 4.69) is 0 Å². The highest BCUT2D eigenvalue weighted by atomic mass is 16.6. The van der Waals surface area contributed by atoms with Gasteiger partial charge in [-0.3, -0.25) is 0 Å². The maximum Gasteiger partial charge on any atom is 0.109 e. The molecule has 0 rings (SSSR count). The Morgan fingerprint density at radius 3 is 1.30 bits per heavy atom. The van der Waals surface area contributed by atoms with Crippen molar-refractivity contribution in [3.63, 3.8) is 0 Å². The molecule has 2 atom stereocenters. The number of ether oxygens (including phenoxy) is 5.